The number of rotatable bonds is 0. The molecule has 1 fully saturated rings. The van der Waals surface area contributed by atoms with E-state index in [1.165, 1.54) is 32.1 Å². The second-order valence-corrected chi connectivity index (χ2v) is 5.19. The van der Waals surface area contributed by atoms with E-state index in [1.807, 2.05) is 0 Å². The third kappa shape index (κ3) is 8.26. The predicted octanol–water partition coefficient (Wildman–Crippen LogP) is 3.79. The normalized spacial score (nSPS) is 22.4. The quantitative estimate of drug-likeness (QED) is 0.618. The highest BCUT2D eigenvalue weighted by atomic mass is 16.5. The van der Waals surface area contributed by atoms with Crippen LogP contribution < -0.4 is 0 Å². The average Bonchev–Trinajstić information content (AvgIpc) is 2.34. The first-order chi connectivity index (χ1) is 8.79. The molecule has 1 aliphatic rings. The van der Waals surface area contributed by atoms with Crippen LogP contribution in [-0.4, -0.2) is 18.4 Å². The van der Waals surface area contributed by atoms with Gasteiger partial charge in [0.1, 0.15) is 5.78 Å². The first-order valence-corrected chi connectivity index (χ1v) is 7.46. The topological polar surface area (TPSA) is 43.4 Å². The molecule has 0 saturated carbocycles. The molecule has 0 amide bonds. The summed E-state index contributed by atoms with van der Waals surface area (Å²) >= 11 is 0. The fraction of sp³-hybridized carbons (Fsp3) is 0.867. The molecule has 0 aliphatic carbocycles. The summed E-state index contributed by atoms with van der Waals surface area (Å²) in [5, 5.41) is 0. The fourth-order valence-electron chi connectivity index (χ4n) is 2.30. The van der Waals surface area contributed by atoms with E-state index in [0.29, 0.717) is 38.1 Å². The molecule has 1 aliphatic heterocycles. The summed E-state index contributed by atoms with van der Waals surface area (Å²) in [7, 11) is 0. The van der Waals surface area contributed by atoms with E-state index < -0.39 is 0 Å². The predicted molar refractivity (Wildman–Crippen MR) is 71.4 cm³/mol. The maximum atomic E-state index is 11.5. The Bertz CT molecular complexity index is 224. The van der Waals surface area contributed by atoms with Crippen molar-refractivity contribution < 1.29 is 14.3 Å². The molecule has 0 aromatic rings. The monoisotopic (exact) mass is 254 g/mol. The Morgan fingerprint density at radius 3 is 1.89 bits per heavy atom. The highest BCUT2D eigenvalue weighted by Crippen LogP contribution is 2.12. The number of ether oxygens (including phenoxy) is 1. The molecule has 1 rings (SSSR count). The summed E-state index contributed by atoms with van der Waals surface area (Å²) in [6, 6.07) is 0. The number of esters is 1. The Morgan fingerprint density at radius 1 is 0.611 bits per heavy atom. The molecule has 0 bridgehead atoms. The van der Waals surface area contributed by atoms with Crippen molar-refractivity contribution in [3.05, 3.63) is 0 Å². The number of hydrogen-bond acceptors (Lipinski definition) is 3. The fourth-order valence-corrected chi connectivity index (χ4v) is 2.30. The lowest BCUT2D eigenvalue weighted by molar-refractivity contribution is -0.143. The van der Waals surface area contributed by atoms with Crippen LogP contribution in [0.5, 0.6) is 0 Å². The van der Waals surface area contributed by atoms with Crippen molar-refractivity contribution in [1.82, 2.24) is 0 Å². The van der Waals surface area contributed by atoms with Gasteiger partial charge >= 0.3 is 5.97 Å². The van der Waals surface area contributed by atoms with E-state index in [4.69, 9.17) is 4.74 Å². The summed E-state index contributed by atoms with van der Waals surface area (Å²) in [6.45, 7) is 0.548. The van der Waals surface area contributed by atoms with Crippen LogP contribution in [0, 0.1) is 0 Å². The molecule has 0 N–H and O–H groups in total. The Hall–Kier alpha value is -0.860. The van der Waals surface area contributed by atoms with Gasteiger partial charge in [-0.2, -0.15) is 0 Å². The molecule has 3 nitrogen and oxygen atoms in total. The lowest BCUT2D eigenvalue weighted by Gasteiger charge is -2.06. The van der Waals surface area contributed by atoms with Crippen LogP contribution in [0.3, 0.4) is 0 Å². The number of Topliss-reactive ketones (excluding diaryl/α,β-unsaturated/α-hetero) is 1. The number of cyclic esters (lactones) is 1. The third-order valence-corrected chi connectivity index (χ3v) is 3.45. The van der Waals surface area contributed by atoms with Gasteiger partial charge < -0.3 is 4.74 Å². The number of hydrogen-bond donors (Lipinski definition) is 0. The number of carbonyl (C=O) groups is 2. The van der Waals surface area contributed by atoms with Crippen LogP contribution in [-0.2, 0) is 14.3 Å². The summed E-state index contributed by atoms with van der Waals surface area (Å²) in [5.74, 6) is 0.157. The molecule has 0 spiro atoms. The molecule has 104 valence electrons. The molecule has 0 aromatic carbocycles. The minimum atomic E-state index is -0.144. The molecule has 0 atom stereocenters. The molecular weight excluding hydrogens is 228 g/mol. The SMILES string of the molecule is O=C1CCCCCCCCCCOC(=O)CCC1. The molecule has 1 saturated heterocycles. The van der Waals surface area contributed by atoms with Crippen LogP contribution in [0.25, 0.3) is 0 Å². The van der Waals surface area contributed by atoms with Crippen molar-refractivity contribution >= 4 is 11.8 Å². The molecule has 3 heteroatoms. The molecule has 0 radical (unpaired) electrons. The van der Waals surface area contributed by atoms with Crippen LogP contribution in [0.1, 0.15) is 77.0 Å². The van der Waals surface area contributed by atoms with Gasteiger partial charge in [-0.15, -0.1) is 0 Å². The van der Waals surface area contributed by atoms with Crippen molar-refractivity contribution in [2.45, 2.75) is 77.0 Å². The Kier molecular flexibility index (Phi) is 8.53. The van der Waals surface area contributed by atoms with E-state index in [-0.39, 0.29) is 5.97 Å². The zero-order chi connectivity index (χ0) is 13.1. The van der Waals surface area contributed by atoms with E-state index in [2.05, 4.69) is 0 Å². The van der Waals surface area contributed by atoms with Crippen molar-refractivity contribution in [2.24, 2.45) is 0 Å². The van der Waals surface area contributed by atoms with Crippen molar-refractivity contribution in [1.29, 1.82) is 0 Å². The summed E-state index contributed by atoms with van der Waals surface area (Å²) in [5.41, 5.74) is 0. The standard InChI is InChI=1S/C15H26O3/c16-14-10-7-5-3-1-2-4-6-8-13-18-15(17)12-9-11-14/h1-13H2. The molecule has 1 heterocycles. The van der Waals surface area contributed by atoms with Crippen molar-refractivity contribution in [3.63, 3.8) is 0 Å². The second-order valence-electron chi connectivity index (χ2n) is 5.19. The van der Waals surface area contributed by atoms with Crippen LogP contribution in [0.4, 0.5) is 0 Å². The van der Waals surface area contributed by atoms with Crippen molar-refractivity contribution in [2.75, 3.05) is 6.61 Å². The van der Waals surface area contributed by atoms with E-state index in [1.54, 1.807) is 0 Å². The largest absolute Gasteiger partial charge is 0.466 e. The molecule has 18 heavy (non-hydrogen) atoms. The van der Waals surface area contributed by atoms with Gasteiger partial charge in [0.2, 0.25) is 0 Å². The maximum absolute atomic E-state index is 11.5. The highest BCUT2D eigenvalue weighted by molar-refractivity contribution is 5.79. The Balaban J connectivity index is 2.22. The van der Waals surface area contributed by atoms with Gasteiger partial charge in [0, 0.05) is 19.3 Å². The Labute approximate surface area is 110 Å². The lowest BCUT2D eigenvalue weighted by Crippen LogP contribution is -2.07. The van der Waals surface area contributed by atoms with Gasteiger partial charge in [-0.3, -0.25) is 9.59 Å². The van der Waals surface area contributed by atoms with E-state index in [9.17, 15) is 9.59 Å². The molecular formula is C15H26O3. The molecule has 0 aromatic heterocycles. The third-order valence-electron chi connectivity index (χ3n) is 3.45. The highest BCUT2D eigenvalue weighted by Gasteiger charge is 2.07. The van der Waals surface area contributed by atoms with Gasteiger partial charge in [0.05, 0.1) is 6.61 Å². The first kappa shape index (κ1) is 15.2. The number of ketones is 1. The lowest BCUT2D eigenvalue weighted by atomic mass is 10.0. The van der Waals surface area contributed by atoms with E-state index in [0.717, 1.165) is 19.3 Å². The van der Waals surface area contributed by atoms with Crippen LogP contribution >= 0.6 is 0 Å². The summed E-state index contributed by atoms with van der Waals surface area (Å²) in [6.07, 6.45) is 11.6. The summed E-state index contributed by atoms with van der Waals surface area (Å²) < 4.78 is 5.13. The second kappa shape index (κ2) is 10.1. The zero-order valence-corrected chi connectivity index (χ0v) is 11.4. The van der Waals surface area contributed by atoms with Gasteiger partial charge in [-0.1, -0.05) is 38.5 Å². The maximum Gasteiger partial charge on any atom is 0.305 e. The van der Waals surface area contributed by atoms with Gasteiger partial charge in [-0.25, -0.2) is 0 Å². The minimum absolute atomic E-state index is 0.144. The smallest absolute Gasteiger partial charge is 0.305 e. The van der Waals surface area contributed by atoms with E-state index >= 15 is 0 Å². The van der Waals surface area contributed by atoms with Gasteiger partial charge in [0.25, 0.3) is 0 Å². The molecule has 0 unspecified atom stereocenters. The average molecular weight is 254 g/mol. The van der Waals surface area contributed by atoms with Crippen molar-refractivity contribution in [3.8, 4) is 0 Å². The zero-order valence-electron chi connectivity index (χ0n) is 11.4. The minimum Gasteiger partial charge on any atom is -0.466 e. The van der Waals surface area contributed by atoms with Gasteiger partial charge in [-0.05, 0) is 19.3 Å². The number of carbonyl (C=O) groups excluding carboxylic acids is 2. The van der Waals surface area contributed by atoms with Gasteiger partial charge in [0.15, 0.2) is 0 Å². The summed E-state index contributed by atoms with van der Waals surface area (Å²) in [4.78, 5) is 22.9. The first-order valence-electron chi connectivity index (χ1n) is 7.46. The van der Waals surface area contributed by atoms with Crippen LogP contribution in [0.15, 0.2) is 0 Å². The Morgan fingerprint density at radius 2 is 1.17 bits per heavy atom. The van der Waals surface area contributed by atoms with Crippen LogP contribution in [0.2, 0.25) is 0 Å².